The van der Waals surface area contributed by atoms with E-state index in [1.807, 2.05) is 0 Å². The molecule has 8 nitrogen and oxygen atoms in total. The van der Waals surface area contributed by atoms with Gasteiger partial charge in [0.25, 0.3) is 5.89 Å². The third-order valence-corrected chi connectivity index (χ3v) is 7.01. The second kappa shape index (κ2) is 8.64. The number of nitrogens with zero attached hydrogens (tertiary/aromatic N) is 3. The maximum atomic E-state index is 14.9. The molecule has 0 unspecified atom stereocenters. The molecule has 0 bridgehead atoms. The third kappa shape index (κ3) is 4.91. The van der Waals surface area contributed by atoms with Crippen LogP contribution in [0.5, 0.6) is 0 Å². The number of sulfone groups is 1. The smallest absolute Gasteiger partial charge is 0.397 e. The Morgan fingerprint density at radius 1 is 1.18 bits per heavy atom. The molecule has 0 spiro atoms. The van der Waals surface area contributed by atoms with Crippen molar-refractivity contribution in [1.82, 2.24) is 10.2 Å². The molecule has 14 heteroatoms. The number of anilines is 1. The standard InChI is InChI=1S/C20H15ClF4N4O4S/c21-11-3-1-10(2-4-11)8-29-15-5-12(18-28-27-17(33-18)7-20(23,24)25)13(22)6-16(15)34(31,32)9-14(26)19(29)30/h1-6,14H,7-9,26H2/t14-/m0/s1. The second-order valence-corrected chi connectivity index (χ2v) is 9.97. The minimum Gasteiger partial charge on any atom is -0.420 e. The Kier molecular flexibility index (Phi) is 6.12. The monoisotopic (exact) mass is 518 g/mol. The van der Waals surface area contributed by atoms with E-state index in [-0.39, 0.29) is 12.2 Å². The van der Waals surface area contributed by atoms with Crippen molar-refractivity contribution in [2.24, 2.45) is 5.73 Å². The molecule has 0 saturated heterocycles. The van der Waals surface area contributed by atoms with E-state index < -0.39 is 68.2 Å². The van der Waals surface area contributed by atoms with Crippen molar-refractivity contribution in [2.45, 2.75) is 30.1 Å². The normalized spacial score (nSPS) is 18.0. The van der Waals surface area contributed by atoms with Gasteiger partial charge in [0.1, 0.15) is 12.2 Å². The lowest BCUT2D eigenvalue weighted by Gasteiger charge is -2.24. The molecular formula is C20H15ClF4N4O4S. The fourth-order valence-corrected chi connectivity index (χ4v) is 5.12. The fourth-order valence-electron chi connectivity index (χ4n) is 3.42. The van der Waals surface area contributed by atoms with Crippen molar-refractivity contribution in [3.63, 3.8) is 0 Å². The molecule has 2 heterocycles. The van der Waals surface area contributed by atoms with E-state index in [9.17, 15) is 30.8 Å². The summed E-state index contributed by atoms with van der Waals surface area (Å²) >= 11 is 5.88. The molecule has 1 aliphatic heterocycles. The van der Waals surface area contributed by atoms with Gasteiger partial charge in [-0.3, -0.25) is 4.79 Å². The fraction of sp³-hybridized carbons (Fsp3) is 0.250. The zero-order chi connectivity index (χ0) is 24.8. The lowest BCUT2D eigenvalue weighted by molar-refractivity contribution is -0.130. The van der Waals surface area contributed by atoms with Gasteiger partial charge in [0.2, 0.25) is 11.8 Å². The van der Waals surface area contributed by atoms with Crippen LogP contribution in [0.15, 0.2) is 45.7 Å². The van der Waals surface area contributed by atoms with Crippen molar-refractivity contribution in [3.8, 4) is 11.5 Å². The van der Waals surface area contributed by atoms with Gasteiger partial charge >= 0.3 is 6.18 Å². The molecule has 4 rings (SSSR count). The molecule has 2 aromatic carbocycles. The molecule has 2 N–H and O–H groups in total. The highest BCUT2D eigenvalue weighted by Crippen LogP contribution is 2.37. The highest BCUT2D eigenvalue weighted by molar-refractivity contribution is 7.91. The predicted molar refractivity (Wildman–Crippen MR) is 112 cm³/mol. The maximum absolute atomic E-state index is 14.9. The lowest BCUT2D eigenvalue weighted by Crippen LogP contribution is -2.45. The highest BCUT2D eigenvalue weighted by Gasteiger charge is 2.38. The van der Waals surface area contributed by atoms with Gasteiger partial charge in [-0.25, -0.2) is 12.8 Å². The van der Waals surface area contributed by atoms with E-state index in [1.165, 1.54) is 0 Å². The number of hydrogen-bond acceptors (Lipinski definition) is 7. The quantitative estimate of drug-likeness (QED) is 0.526. The Bertz CT molecular complexity index is 1360. The van der Waals surface area contributed by atoms with Crippen LogP contribution in [0, 0.1) is 5.82 Å². The summed E-state index contributed by atoms with van der Waals surface area (Å²) in [6.07, 6.45) is -6.17. The molecule has 180 valence electrons. The van der Waals surface area contributed by atoms with Crippen LogP contribution < -0.4 is 10.6 Å². The van der Waals surface area contributed by atoms with Gasteiger partial charge in [0, 0.05) is 5.02 Å². The molecule has 0 aliphatic carbocycles. The second-order valence-electron chi connectivity index (χ2n) is 7.53. The van der Waals surface area contributed by atoms with Crippen LogP contribution >= 0.6 is 11.6 Å². The first-order valence-electron chi connectivity index (χ1n) is 9.61. The molecule has 1 aliphatic rings. The third-order valence-electron chi connectivity index (χ3n) is 4.96. The van der Waals surface area contributed by atoms with Gasteiger partial charge in [-0.15, -0.1) is 10.2 Å². The van der Waals surface area contributed by atoms with Crippen molar-refractivity contribution in [3.05, 3.63) is 58.7 Å². The number of hydrogen-bond donors (Lipinski definition) is 1. The molecule has 0 fully saturated rings. The predicted octanol–water partition coefficient (Wildman–Crippen LogP) is 3.28. The number of carbonyl (C=O) groups excluding carboxylic acids is 1. The summed E-state index contributed by atoms with van der Waals surface area (Å²) < 4.78 is 83.4. The number of amides is 1. The van der Waals surface area contributed by atoms with Crippen LogP contribution in [-0.4, -0.2) is 42.5 Å². The van der Waals surface area contributed by atoms with Crippen molar-refractivity contribution in [1.29, 1.82) is 0 Å². The molecule has 1 atom stereocenters. The minimum absolute atomic E-state index is 0.138. The SMILES string of the molecule is N[C@H]1CS(=O)(=O)c2cc(F)c(-c3nnc(CC(F)(F)F)o3)cc2N(Cc2ccc(Cl)cc2)C1=O. The van der Waals surface area contributed by atoms with Crippen molar-refractivity contribution < 1.29 is 35.2 Å². The van der Waals surface area contributed by atoms with E-state index in [4.69, 9.17) is 21.8 Å². The highest BCUT2D eigenvalue weighted by atomic mass is 35.5. The Morgan fingerprint density at radius 2 is 1.85 bits per heavy atom. The van der Waals surface area contributed by atoms with Crippen molar-refractivity contribution >= 4 is 33.0 Å². The van der Waals surface area contributed by atoms with E-state index in [2.05, 4.69) is 10.2 Å². The summed E-state index contributed by atoms with van der Waals surface area (Å²) in [7, 11) is -4.20. The van der Waals surface area contributed by atoms with Crippen molar-refractivity contribution in [2.75, 3.05) is 10.7 Å². The van der Waals surface area contributed by atoms with Gasteiger partial charge in [0.05, 0.1) is 34.5 Å². The summed E-state index contributed by atoms with van der Waals surface area (Å²) in [5.74, 6) is -4.06. The van der Waals surface area contributed by atoms with Crippen LogP contribution in [0.4, 0.5) is 23.2 Å². The van der Waals surface area contributed by atoms with Crippen LogP contribution in [0.2, 0.25) is 5.02 Å². The van der Waals surface area contributed by atoms with E-state index in [1.54, 1.807) is 24.3 Å². The maximum Gasteiger partial charge on any atom is 0.397 e. The Labute approximate surface area is 195 Å². The summed E-state index contributed by atoms with van der Waals surface area (Å²) in [5.41, 5.74) is 5.68. The number of halogens is 5. The van der Waals surface area contributed by atoms with Gasteiger partial charge in [-0.05, 0) is 29.8 Å². The molecular weight excluding hydrogens is 504 g/mol. The van der Waals surface area contributed by atoms with E-state index >= 15 is 0 Å². The average Bonchev–Trinajstić information content (AvgIpc) is 3.16. The number of nitrogens with two attached hydrogens (primary N) is 1. The van der Waals surface area contributed by atoms with Crippen LogP contribution in [0.25, 0.3) is 11.5 Å². The van der Waals surface area contributed by atoms with Gasteiger partial charge < -0.3 is 15.1 Å². The largest absolute Gasteiger partial charge is 0.420 e. The summed E-state index contributed by atoms with van der Waals surface area (Å²) in [6, 6.07) is 6.53. The minimum atomic E-state index is -4.64. The molecule has 3 aromatic rings. The summed E-state index contributed by atoms with van der Waals surface area (Å²) in [4.78, 5) is 13.6. The number of alkyl halides is 3. The number of rotatable bonds is 4. The molecule has 0 radical (unpaired) electrons. The molecule has 1 amide bonds. The molecule has 0 saturated carbocycles. The number of fused-ring (bicyclic) bond motifs is 1. The van der Waals surface area contributed by atoms with Crippen LogP contribution in [-0.2, 0) is 27.6 Å². The van der Waals surface area contributed by atoms with Crippen LogP contribution in [0.3, 0.4) is 0 Å². The van der Waals surface area contributed by atoms with Crippen LogP contribution in [0.1, 0.15) is 11.5 Å². The zero-order valence-electron chi connectivity index (χ0n) is 17.0. The van der Waals surface area contributed by atoms with Gasteiger partial charge in [0.15, 0.2) is 9.84 Å². The number of benzene rings is 2. The lowest BCUT2D eigenvalue weighted by atomic mass is 10.1. The van der Waals surface area contributed by atoms with E-state index in [0.717, 1.165) is 11.0 Å². The average molecular weight is 519 g/mol. The topological polar surface area (TPSA) is 119 Å². The van der Waals surface area contributed by atoms with Gasteiger partial charge in [-0.2, -0.15) is 13.2 Å². The summed E-state index contributed by atoms with van der Waals surface area (Å²) in [6.45, 7) is -0.138. The number of aromatic nitrogens is 2. The molecule has 1 aromatic heterocycles. The number of carbonyl (C=O) groups is 1. The first-order valence-corrected chi connectivity index (χ1v) is 11.6. The summed E-state index contributed by atoms with van der Waals surface area (Å²) in [5, 5.41) is 7.14. The zero-order valence-corrected chi connectivity index (χ0v) is 18.6. The molecule has 34 heavy (non-hydrogen) atoms. The Morgan fingerprint density at radius 3 is 2.50 bits per heavy atom. The Hall–Kier alpha value is -3.03. The Balaban J connectivity index is 1.85. The first kappa shape index (κ1) is 24.1. The van der Waals surface area contributed by atoms with E-state index in [0.29, 0.717) is 16.7 Å². The van der Waals surface area contributed by atoms with Gasteiger partial charge in [-0.1, -0.05) is 23.7 Å². The first-order chi connectivity index (χ1) is 15.8.